The first-order valence-corrected chi connectivity index (χ1v) is 11.1. The van der Waals surface area contributed by atoms with Crippen LogP contribution in [0.15, 0.2) is 23.2 Å². The van der Waals surface area contributed by atoms with Gasteiger partial charge in [0.25, 0.3) is 0 Å². The maximum atomic E-state index is 13.5. The van der Waals surface area contributed by atoms with Gasteiger partial charge in [0.15, 0.2) is 5.96 Å². The number of nitrogens with one attached hydrogen (secondary N) is 2. The molecule has 0 spiro atoms. The van der Waals surface area contributed by atoms with E-state index in [9.17, 15) is 4.39 Å². The van der Waals surface area contributed by atoms with Crippen molar-refractivity contribution in [1.82, 2.24) is 10.6 Å². The first-order valence-electron chi connectivity index (χ1n) is 8.46. The molecule has 1 aliphatic rings. The largest absolute Gasteiger partial charge is 0.381 e. The summed E-state index contributed by atoms with van der Waals surface area (Å²) in [6.07, 6.45) is 6.29. The zero-order valence-electron chi connectivity index (χ0n) is 15.6. The summed E-state index contributed by atoms with van der Waals surface area (Å²) in [5, 5.41) is 6.80. The second kappa shape index (κ2) is 12.3. The number of rotatable bonds is 7. The molecule has 148 valence electrons. The predicted octanol–water partition coefficient (Wildman–Crippen LogP) is 3.88. The summed E-state index contributed by atoms with van der Waals surface area (Å²) in [5.41, 5.74) is 2.13. The molecular formula is C18H29FIN3OS2. The summed E-state index contributed by atoms with van der Waals surface area (Å²) in [6.45, 7) is 3.13. The quantitative estimate of drug-likeness (QED) is 0.329. The van der Waals surface area contributed by atoms with Gasteiger partial charge in [0.1, 0.15) is 5.82 Å². The van der Waals surface area contributed by atoms with Gasteiger partial charge >= 0.3 is 0 Å². The molecule has 0 aromatic heterocycles. The van der Waals surface area contributed by atoms with Crippen LogP contribution in [0.1, 0.15) is 24.0 Å². The second-order valence-electron chi connectivity index (χ2n) is 6.12. The summed E-state index contributed by atoms with van der Waals surface area (Å²) in [5.74, 6) is 1.40. The Balaban J connectivity index is 0.00000338. The molecule has 0 saturated carbocycles. The highest BCUT2D eigenvalue weighted by Crippen LogP contribution is 2.32. The fourth-order valence-corrected chi connectivity index (χ4v) is 4.27. The van der Waals surface area contributed by atoms with Crippen LogP contribution in [0, 0.1) is 5.82 Å². The monoisotopic (exact) mass is 513 g/mol. The van der Waals surface area contributed by atoms with E-state index in [0.29, 0.717) is 6.54 Å². The molecule has 1 saturated heterocycles. The molecule has 1 aromatic carbocycles. The van der Waals surface area contributed by atoms with Gasteiger partial charge in [-0.3, -0.25) is 4.99 Å². The topological polar surface area (TPSA) is 45.7 Å². The van der Waals surface area contributed by atoms with Crippen LogP contribution in [0.4, 0.5) is 4.39 Å². The highest BCUT2D eigenvalue weighted by Gasteiger charge is 2.31. The van der Waals surface area contributed by atoms with Gasteiger partial charge in [-0.25, -0.2) is 4.39 Å². The lowest BCUT2D eigenvalue weighted by Gasteiger charge is -2.36. The fourth-order valence-electron chi connectivity index (χ4n) is 2.90. The van der Waals surface area contributed by atoms with E-state index in [0.717, 1.165) is 55.4 Å². The van der Waals surface area contributed by atoms with E-state index >= 15 is 0 Å². The maximum Gasteiger partial charge on any atom is 0.191 e. The second-order valence-corrected chi connectivity index (χ2v) is 8.27. The zero-order chi connectivity index (χ0) is 18.1. The normalized spacial score (nSPS) is 16.7. The third kappa shape index (κ3) is 7.09. The van der Waals surface area contributed by atoms with Crippen molar-refractivity contribution in [2.45, 2.75) is 29.9 Å². The van der Waals surface area contributed by atoms with Gasteiger partial charge in [0.05, 0.1) is 0 Å². The van der Waals surface area contributed by atoms with Gasteiger partial charge in [-0.1, -0.05) is 6.07 Å². The molecule has 2 N–H and O–H groups in total. The molecule has 26 heavy (non-hydrogen) atoms. The highest BCUT2D eigenvalue weighted by molar-refractivity contribution is 14.0. The first-order chi connectivity index (χ1) is 12.1. The lowest BCUT2D eigenvalue weighted by Crippen LogP contribution is -2.47. The number of nitrogens with zero attached hydrogens (tertiary/aromatic N) is 1. The zero-order valence-corrected chi connectivity index (χ0v) is 19.6. The number of benzene rings is 1. The van der Waals surface area contributed by atoms with Gasteiger partial charge in [0.2, 0.25) is 0 Å². The van der Waals surface area contributed by atoms with Gasteiger partial charge < -0.3 is 15.4 Å². The van der Waals surface area contributed by atoms with Crippen LogP contribution in [0.5, 0.6) is 0 Å². The SMILES string of the molecule is CN=C(NCc1ccc(F)cc1CSC)NCC1(SC)CCOCC1.I. The van der Waals surface area contributed by atoms with Crippen molar-refractivity contribution in [3.05, 3.63) is 35.1 Å². The Morgan fingerprint density at radius 2 is 1.96 bits per heavy atom. The lowest BCUT2D eigenvalue weighted by atomic mass is 9.99. The van der Waals surface area contributed by atoms with Crippen molar-refractivity contribution in [2.75, 3.05) is 39.3 Å². The molecule has 0 atom stereocenters. The average Bonchev–Trinajstić information content (AvgIpc) is 2.64. The van der Waals surface area contributed by atoms with Crippen molar-refractivity contribution in [3.8, 4) is 0 Å². The Bertz CT molecular complexity index is 584. The first kappa shape index (κ1) is 23.8. The number of hydrogen-bond acceptors (Lipinski definition) is 4. The van der Waals surface area contributed by atoms with Crippen LogP contribution in [-0.2, 0) is 17.0 Å². The number of halogens is 2. The minimum Gasteiger partial charge on any atom is -0.381 e. The smallest absolute Gasteiger partial charge is 0.191 e. The molecule has 1 aliphatic heterocycles. The molecule has 2 rings (SSSR count). The molecule has 0 amide bonds. The van der Waals surface area contributed by atoms with Gasteiger partial charge in [0, 0.05) is 43.9 Å². The maximum absolute atomic E-state index is 13.5. The standard InChI is InChI=1S/C18H28FN3OS2.HI/c1-20-17(22-13-18(25-3)6-8-23-9-7-18)21-11-14-4-5-16(19)10-15(14)12-24-2;/h4-5,10H,6-9,11-13H2,1-3H3,(H2,20,21,22);1H. The third-order valence-electron chi connectivity index (χ3n) is 4.55. The molecule has 8 heteroatoms. The van der Waals surface area contributed by atoms with E-state index in [1.54, 1.807) is 24.9 Å². The predicted molar refractivity (Wildman–Crippen MR) is 124 cm³/mol. The highest BCUT2D eigenvalue weighted by atomic mass is 127. The Hall–Kier alpha value is -0.190. The van der Waals surface area contributed by atoms with Crippen LogP contribution in [-0.4, -0.2) is 50.0 Å². The average molecular weight is 513 g/mol. The van der Waals surface area contributed by atoms with E-state index in [4.69, 9.17) is 4.74 Å². The molecule has 1 heterocycles. The lowest BCUT2D eigenvalue weighted by molar-refractivity contribution is 0.0783. The minimum atomic E-state index is -0.184. The van der Waals surface area contributed by atoms with Crippen molar-refractivity contribution in [3.63, 3.8) is 0 Å². The molecule has 1 fully saturated rings. The van der Waals surface area contributed by atoms with Gasteiger partial charge in [-0.05, 0) is 48.6 Å². The van der Waals surface area contributed by atoms with Crippen molar-refractivity contribution >= 4 is 53.5 Å². The van der Waals surface area contributed by atoms with Gasteiger partial charge in [-0.2, -0.15) is 23.5 Å². The summed E-state index contributed by atoms with van der Waals surface area (Å²) >= 11 is 3.60. The van der Waals surface area contributed by atoms with Crippen molar-refractivity contribution in [1.29, 1.82) is 0 Å². The number of guanidine groups is 1. The summed E-state index contributed by atoms with van der Waals surface area (Å²) < 4.78 is 19.2. The van der Waals surface area contributed by atoms with Crippen molar-refractivity contribution in [2.24, 2.45) is 4.99 Å². The minimum absolute atomic E-state index is 0. The Labute approximate surface area is 181 Å². The van der Waals surface area contributed by atoms with Crippen LogP contribution in [0.2, 0.25) is 0 Å². The molecular weight excluding hydrogens is 484 g/mol. The van der Waals surface area contributed by atoms with E-state index in [1.165, 1.54) is 6.07 Å². The number of ether oxygens (including phenoxy) is 1. The van der Waals surface area contributed by atoms with Crippen LogP contribution < -0.4 is 10.6 Å². The number of aliphatic imine (C=N–C) groups is 1. The van der Waals surface area contributed by atoms with Gasteiger partial charge in [-0.15, -0.1) is 24.0 Å². The molecule has 0 radical (unpaired) electrons. The number of hydrogen-bond donors (Lipinski definition) is 2. The Kier molecular flexibility index (Phi) is 11.3. The molecule has 0 bridgehead atoms. The summed E-state index contributed by atoms with van der Waals surface area (Å²) in [7, 11) is 1.78. The molecule has 0 aliphatic carbocycles. The van der Waals surface area contributed by atoms with E-state index in [-0.39, 0.29) is 34.5 Å². The summed E-state index contributed by atoms with van der Waals surface area (Å²) in [4.78, 5) is 4.32. The van der Waals surface area contributed by atoms with E-state index < -0.39 is 0 Å². The Morgan fingerprint density at radius 3 is 2.58 bits per heavy atom. The van der Waals surface area contributed by atoms with Crippen LogP contribution in [0.3, 0.4) is 0 Å². The van der Waals surface area contributed by atoms with E-state index in [2.05, 4.69) is 21.9 Å². The number of thioether (sulfide) groups is 2. The molecule has 0 unspecified atom stereocenters. The van der Waals surface area contributed by atoms with Crippen LogP contribution >= 0.6 is 47.5 Å². The third-order valence-corrected chi connectivity index (χ3v) is 6.57. The summed E-state index contributed by atoms with van der Waals surface area (Å²) in [6, 6.07) is 4.99. The molecule has 1 aromatic rings. The van der Waals surface area contributed by atoms with Crippen LogP contribution in [0.25, 0.3) is 0 Å². The van der Waals surface area contributed by atoms with Crippen molar-refractivity contribution < 1.29 is 9.13 Å². The molecule has 4 nitrogen and oxygen atoms in total. The Morgan fingerprint density at radius 1 is 1.23 bits per heavy atom. The van der Waals surface area contributed by atoms with E-state index in [1.807, 2.05) is 24.1 Å². The fraction of sp³-hybridized carbons (Fsp3) is 0.611.